The van der Waals surface area contributed by atoms with E-state index in [1.54, 1.807) is 103 Å². The van der Waals surface area contributed by atoms with E-state index in [1.165, 1.54) is 16.8 Å². The summed E-state index contributed by atoms with van der Waals surface area (Å²) in [5.74, 6) is -1.17. The molecule has 9 nitrogen and oxygen atoms in total. The first-order valence-electron chi connectivity index (χ1n) is 13.5. The SMILES string of the molecule is O=C(CSc1cccc(NC(=O)/C(=C/c2ccc(Cl)cc2)NC(=O)c2ccccc2)c1)NC1=NN(c2ccccc2)C(=O)C1. The Morgan fingerprint density at radius 1 is 0.864 bits per heavy atom. The molecular formula is C33H26ClN5O4S. The van der Waals surface area contributed by atoms with Crippen molar-refractivity contribution in [3.8, 4) is 0 Å². The van der Waals surface area contributed by atoms with E-state index in [0.717, 1.165) is 4.90 Å². The van der Waals surface area contributed by atoms with E-state index in [1.807, 2.05) is 12.1 Å². The molecule has 0 radical (unpaired) electrons. The molecule has 0 spiro atoms. The van der Waals surface area contributed by atoms with E-state index in [-0.39, 0.29) is 35.5 Å². The number of hydrazone groups is 1. The Hall–Kier alpha value is -5.19. The van der Waals surface area contributed by atoms with Crippen LogP contribution in [0.3, 0.4) is 0 Å². The van der Waals surface area contributed by atoms with Gasteiger partial charge in [-0.25, -0.2) is 0 Å². The van der Waals surface area contributed by atoms with Crippen molar-refractivity contribution in [2.24, 2.45) is 5.10 Å². The van der Waals surface area contributed by atoms with Crippen LogP contribution in [0.2, 0.25) is 5.02 Å². The third-order valence-corrected chi connectivity index (χ3v) is 7.48. The fourth-order valence-corrected chi connectivity index (χ4v) is 5.03. The molecule has 1 heterocycles. The Labute approximate surface area is 263 Å². The van der Waals surface area contributed by atoms with Crippen LogP contribution in [0.1, 0.15) is 22.3 Å². The number of thioether (sulfide) groups is 1. The Morgan fingerprint density at radius 2 is 1.57 bits per heavy atom. The van der Waals surface area contributed by atoms with Crippen molar-refractivity contribution in [1.29, 1.82) is 0 Å². The molecule has 44 heavy (non-hydrogen) atoms. The van der Waals surface area contributed by atoms with Gasteiger partial charge in [0.25, 0.3) is 17.7 Å². The number of hydrogen-bond donors (Lipinski definition) is 3. The highest BCUT2D eigenvalue weighted by atomic mass is 35.5. The first kappa shape index (κ1) is 30.3. The van der Waals surface area contributed by atoms with Crippen molar-refractivity contribution in [2.45, 2.75) is 11.3 Å². The van der Waals surface area contributed by atoms with Crippen molar-refractivity contribution in [2.75, 3.05) is 16.1 Å². The van der Waals surface area contributed by atoms with Crippen LogP contribution in [-0.2, 0) is 14.4 Å². The molecule has 0 aliphatic carbocycles. The van der Waals surface area contributed by atoms with Gasteiger partial charge in [0.2, 0.25) is 5.91 Å². The number of benzene rings is 4. The van der Waals surface area contributed by atoms with Crippen LogP contribution >= 0.6 is 23.4 Å². The summed E-state index contributed by atoms with van der Waals surface area (Å²) < 4.78 is 0. The van der Waals surface area contributed by atoms with E-state index in [0.29, 0.717) is 27.5 Å². The van der Waals surface area contributed by atoms with Crippen LogP contribution in [0, 0.1) is 0 Å². The lowest BCUT2D eigenvalue weighted by Gasteiger charge is -2.12. The molecule has 4 aromatic carbocycles. The van der Waals surface area contributed by atoms with Gasteiger partial charge in [-0.3, -0.25) is 19.2 Å². The zero-order valence-corrected chi connectivity index (χ0v) is 24.8. The van der Waals surface area contributed by atoms with Gasteiger partial charge < -0.3 is 16.0 Å². The highest BCUT2D eigenvalue weighted by Gasteiger charge is 2.26. The van der Waals surface area contributed by atoms with Gasteiger partial charge in [0.05, 0.1) is 17.9 Å². The molecule has 1 aliphatic heterocycles. The maximum absolute atomic E-state index is 13.3. The lowest BCUT2D eigenvalue weighted by molar-refractivity contribution is -0.117. The molecule has 0 bridgehead atoms. The average molecular weight is 624 g/mol. The monoisotopic (exact) mass is 623 g/mol. The standard InChI is InChI=1S/C33H26ClN5O4S/c34-24-16-14-22(15-17-24)18-28(36-32(42)23-8-3-1-4-9-23)33(43)35-25-10-7-13-27(19-25)44-21-30(40)37-29-20-31(41)39(38-29)26-11-5-2-6-12-26/h1-19H,20-21H2,(H,35,43)(H,36,42)(H,37,38,40)/b28-18-. The predicted molar refractivity (Wildman–Crippen MR) is 173 cm³/mol. The van der Waals surface area contributed by atoms with Gasteiger partial charge >= 0.3 is 0 Å². The zero-order valence-electron chi connectivity index (χ0n) is 23.2. The molecule has 220 valence electrons. The Morgan fingerprint density at radius 3 is 2.30 bits per heavy atom. The van der Waals surface area contributed by atoms with Gasteiger partial charge in [0, 0.05) is 21.2 Å². The number of carbonyl (C=O) groups is 4. The van der Waals surface area contributed by atoms with E-state index in [9.17, 15) is 19.2 Å². The number of hydrogen-bond acceptors (Lipinski definition) is 6. The zero-order chi connectivity index (χ0) is 30.9. The minimum Gasteiger partial charge on any atom is -0.321 e. The van der Waals surface area contributed by atoms with E-state index < -0.39 is 11.8 Å². The minimum absolute atomic E-state index is 0.000496. The van der Waals surface area contributed by atoms with E-state index in [2.05, 4.69) is 21.1 Å². The van der Waals surface area contributed by atoms with Crippen LogP contribution < -0.4 is 21.0 Å². The molecule has 0 fully saturated rings. The first-order valence-corrected chi connectivity index (χ1v) is 14.8. The average Bonchev–Trinajstić information content (AvgIpc) is 3.41. The Kier molecular flexibility index (Phi) is 9.85. The van der Waals surface area contributed by atoms with Crippen molar-refractivity contribution < 1.29 is 19.2 Å². The second-order valence-corrected chi connectivity index (χ2v) is 11.0. The summed E-state index contributed by atoms with van der Waals surface area (Å²) in [5, 5.41) is 14.3. The van der Waals surface area contributed by atoms with Gasteiger partial charge in [0.15, 0.2) is 0 Å². The normalized spacial score (nSPS) is 12.8. The van der Waals surface area contributed by atoms with Gasteiger partial charge in [-0.1, -0.05) is 66.2 Å². The molecule has 0 saturated carbocycles. The van der Waals surface area contributed by atoms with Crippen LogP contribution in [-0.4, -0.2) is 35.2 Å². The second-order valence-electron chi connectivity index (χ2n) is 9.51. The summed E-state index contributed by atoms with van der Waals surface area (Å²) in [6.07, 6.45) is 1.56. The Balaban J connectivity index is 1.22. The summed E-state index contributed by atoms with van der Waals surface area (Å²) in [4.78, 5) is 51.9. The molecular weight excluding hydrogens is 598 g/mol. The quantitative estimate of drug-likeness (QED) is 0.163. The number of para-hydroxylation sites is 1. The third-order valence-electron chi connectivity index (χ3n) is 6.23. The minimum atomic E-state index is -0.531. The summed E-state index contributed by atoms with van der Waals surface area (Å²) in [6.45, 7) is 0. The largest absolute Gasteiger partial charge is 0.321 e. The van der Waals surface area contributed by atoms with Crippen LogP contribution in [0.5, 0.6) is 0 Å². The maximum Gasteiger partial charge on any atom is 0.272 e. The number of nitrogens with one attached hydrogen (secondary N) is 3. The van der Waals surface area contributed by atoms with Crippen LogP contribution in [0.4, 0.5) is 11.4 Å². The number of amidine groups is 1. The molecule has 4 amide bonds. The van der Waals surface area contributed by atoms with Gasteiger partial charge in [0.1, 0.15) is 11.5 Å². The number of anilines is 2. The Bertz CT molecular complexity index is 1750. The van der Waals surface area contributed by atoms with Gasteiger partial charge in [-0.2, -0.15) is 10.1 Å². The lowest BCUT2D eigenvalue weighted by atomic mass is 10.1. The van der Waals surface area contributed by atoms with Crippen molar-refractivity contribution in [3.63, 3.8) is 0 Å². The van der Waals surface area contributed by atoms with E-state index >= 15 is 0 Å². The number of rotatable bonds is 9. The molecule has 4 aromatic rings. The number of nitrogens with zero attached hydrogens (tertiary/aromatic N) is 2. The second kappa shape index (κ2) is 14.3. The molecule has 11 heteroatoms. The summed E-state index contributed by atoms with van der Waals surface area (Å²) in [5.41, 5.74) is 2.21. The molecule has 0 atom stereocenters. The summed E-state index contributed by atoms with van der Waals surface area (Å²) >= 11 is 7.26. The van der Waals surface area contributed by atoms with Crippen LogP contribution in [0.15, 0.2) is 125 Å². The smallest absolute Gasteiger partial charge is 0.272 e. The number of halogens is 1. The molecule has 5 rings (SSSR count). The predicted octanol–water partition coefficient (Wildman–Crippen LogP) is 5.71. The van der Waals surface area contributed by atoms with Crippen molar-refractivity contribution in [1.82, 2.24) is 10.6 Å². The highest BCUT2D eigenvalue weighted by Crippen LogP contribution is 2.23. The molecule has 0 aromatic heterocycles. The molecule has 3 N–H and O–H groups in total. The summed E-state index contributed by atoms with van der Waals surface area (Å²) in [6, 6.07) is 31.4. The van der Waals surface area contributed by atoms with Crippen molar-refractivity contribution in [3.05, 3.63) is 131 Å². The third kappa shape index (κ3) is 8.21. The van der Waals surface area contributed by atoms with E-state index in [4.69, 9.17) is 11.6 Å². The first-order chi connectivity index (χ1) is 21.3. The summed E-state index contributed by atoms with van der Waals surface area (Å²) in [7, 11) is 0. The van der Waals surface area contributed by atoms with Crippen molar-refractivity contribution >= 4 is 70.3 Å². The fourth-order valence-electron chi connectivity index (χ4n) is 4.15. The van der Waals surface area contributed by atoms with Gasteiger partial charge in [-0.15, -0.1) is 11.8 Å². The van der Waals surface area contributed by atoms with Gasteiger partial charge in [-0.05, 0) is 66.2 Å². The fraction of sp³-hybridized carbons (Fsp3) is 0.0606. The molecule has 1 aliphatic rings. The molecule has 0 unspecified atom stereocenters. The maximum atomic E-state index is 13.3. The highest BCUT2D eigenvalue weighted by molar-refractivity contribution is 8.00. The van der Waals surface area contributed by atoms with Crippen LogP contribution in [0.25, 0.3) is 6.08 Å². The topological polar surface area (TPSA) is 120 Å². The number of amides is 4. The molecule has 0 saturated heterocycles. The number of carbonyl (C=O) groups excluding carboxylic acids is 4. The lowest BCUT2D eigenvalue weighted by Crippen LogP contribution is -2.31.